The van der Waals surface area contributed by atoms with Crippen molar-refractivity contribution in [1.82, 2.24) is 10.2 Å². The third-order valence-corrected chi connectivity index (χ3v) is 2.51. The van der Waals surface area contributed by atoms with Crippen LogP contribution in [0.3, 0.4) is 0 Å². The molecule has 1 unspecified atom stereocenters. The molecule has 1 N–H and O–H groups in total. The maximum Gasteiger partial charge on any atom is 0.328 e. The highest BCUT2D eigenvalue weighted by Gasteiger charge is 2.34. The van der Waals surface area contributed by atoms with E-state index in [0.29, 0.717) is 19.5 Å². The molecular formula is C10H18N2O3. The predicted molar refractivity (Wildman–Crippen MR) is 55.4 cm³/mol. The van der Waals surface area contributed by atoms with Gasteiger partial charge in [0.1, 0.15) is 6.04 Å². The summed E-state index contributed by atoms with van der Waals surface area (Å²) in [7, 11) is 1.35. The van der Waals surface area contributed by atoms with Gasteiger partial charge in [0.25, 0.3) is 0 Å². The highest BCUT2D eigenvalue weighted by molar-refractivity contribution is 5.84. The van der Waals surface area contributed by atoms with Gasteiger partial charge >= 0.3 is 12.0 Å². The second-order valence-corrected chi connectivity index (χ2v) is 3.61. The average Bonchev–Trinajstić information content (AvgIpc) is 2.73. The first kappa shape index (κ1) is 11.8. The Kier molecular flexibility index (Phi) is 4.39. The van der Waals surface area contributed by atoms with Crippen LogP contribution in [0.1, 0.15) is 26.2 Å². The first-order chi connectivity index (χ1) is 7.20. The lowest BCUT2D eigenvalue weighted by molar-refractivity contribution is -0.144. The first-order valence-corrected chi connectivity index (χ1v) is 5.33. The molecule has 1 saturated heterocycles. The van der Waals surface area contributed by atoms with Gasteiger partial charge in [-0.25, -0.2) is 9.59 Å². The minimum Gasteiger partial charge on any atom is -0.467 e. The molecule has 0 saturated carbocycles. The van der Waals surface area contributed by atoms with Crippen LogP contribution in [0.4, 0.5) is 4.79 Å². The molecule has 1 heterocycles. The summed E-state index contributed by atoms with van der Waals surface area (Å²) < 4.78 is 4.66. The van der Waals surface area contributed by atoms with Gasteiger partial charge in [-0.05, 0) is 19.3 Å². The van der Waals surface area contributed by atoms with Crippen molar-refractivity contribution in [3.8, 4) is 0 Å². The smallest absolute Gasteiger partial charge is 0.328 e. The third-order valence-electron chi connectivity index (χ3n) is 2.51. The molecular weight excluding hydrogens is 196 g/mol. The number of urea groups is 1. The summed E-state index contributed by atoms with van der Waals surface area (Å²) in [5.74, 6) is -0.320. The highest BCUT2D eigenvalue weighted by atomic mass is 16.5. The van der Waals surface area contributed by atoms with Crippen LogP contribution >= 0.6 is 0 Å². The second kappa shape index (κ2) is 5.58. The van der Waals surface area contributed by atoms with Gasteiger partial charge in [-0.2, -0.15) is 0 Å². The number of esters is 1. The second-order valence-electron chi connectivity index (χ2n) is 3.61. The molecule has 0 aromatic rings. The lowest BCUT2D eigenvalue weighted by atomic mass is 10.2. The minimum absolute atomic E-state index is 0.162. The van der Waals surface area contributed by atoms with E-state index in [4.69, 9.17) is 0 Å². The van der Waals surface area contributed by atoms with E-state index in [1.54, 1.807) is 4.90 Å². The molecule has 0 aromatic heterocycles. The number of nitrogens with one attached hydrogen (secondary N) is 1. The number of methoxy groups -OCH3 is 1. The van der Waals surface area contributed by atoms with Crippen molar-refractivity contribution in [2.45, 2.75) is 32.2 Å². The average molecular weight is 214 g/mol. The van der Waals surface area contributed by atoms with E-state index in [9.17, 15) is 9.59 Å². The minimum atomic E-state index is -0.396. The fourth-order valence-corrected chi connectivity index (χ4v) is 1.72. The number of carbonyl (C=O) groups is 2. The molecule has 0 spiro atoms. The van der Waals surface area contributed by atoms with E-state index in [0.717, 1.165) is 12.8 Å². The molecule has 86 valence electrons. The maximum atomic E-state index is 11.6. The summed E-state index contributed by atoms with van der Waals surface area (Å²) in [4.78, 5) is 24.6. The monoisotopic (exact) mass is 214 g/mol. The van der Waals surface area contributed by atoms with Gasteiger partial charge in [0, 0.05) is 13.1 Å². The topological polar surface area (TPSA) is 58.6 Å². The van der Waals surface area contributed by atoms with Gasteiger partial charge in [-0.3, -0.25) is 0 Å². The van der Waals surface area contributed by atoms with Gasteiger partial charge in [0.2, 0.25) is 0 Å². The zero-order valence-corrected chi connectivity index (χ0v) is 9.28. The Labute approximate surface area is 89.8 Å². The lowest BCUT2D eigenvalue weighted by Crippen LogP contribution is -2.46. The number of likely N-dealkylation sites (tertiary alicyclic amines) is 1. The molecule has 5 heteroatoms. The van der Waals surface area contributed by atoms with Crippen LogP contribution in [-0.2, 0) is 9.53 Å². The standard InChI is InChI=1S/C10H18N2O3/c1-3-6-11-10(14)12-7-4-5-8(12)9(13)15-2/h8H,3-7H2,1-2H3,(H,11,14). The van der Waals surface area contributed by atoms with Gasteiger partial charge in [-0.1, -0.05) is 6.92 Å². The van der Waals surface area contributed by atoms with Gasteiger partial charge in [0.05, 0.1) is 7.11 Å². The predicted octanol–water partition coefficient (Wildman–Crippen LogP) is 0.743. The number of amides is 2. The van der Waals surface area contributed by atoms with Crippen molar-refractivity contribution in [3.05, 3.63) is 0 Å². The van der Waals surface area contributed by atoms with Crippen molar-refractivity contribution in [3.63, 3.8) is 0 Å². The molecule has 5 nitrogen and oxygen atoms in total. The summed E-state index contributed by atoms with van der Waals surface area (Å²) in [5, 5.41) is 2.76. The normalized spacial score (nSPS) is 20.1. The van der Waals surface area contributed by atoms with Crippen molar-refractivity contribution < 1.29 is 14.3 Å². The van der Waals surface area contributed by atoms with E-state index < -0.39 is 6.04 Å². The van der Waals surface area contributed by atoms with E-state index in [1.165, 1.54) is 7.11 Å². The number of hydrogen-bond donors (Lipinski definition) is 1. The fraction of sp³-hybridized carbons (Fsp3) is 0.800. The van der Waals surface area contributed by atoms with Crippen LogP contribution in [0.2, 0.25) is 0 Å². The zero-order chi connectivity index (χ0) is 11.3. The molecule has 0 bridgehead atoms. The summed E-state index contributed by atoms with van der Waals surface area (Å²) in [6.07, 6.45) is 2.45. The molecule has 0 radical (unpaired) electrons. The number of carbonyl (C=O) groups excluding carboxylic acids is 2. The molecule has 1 aliphatic heterocycles. The largest absolute Gasteiger partial charge is 0.467 e. The quantitative estimate of drug-likeness (QED) is 0.705. The number of rotatable bonds is 3. The number of nitrogens with zero attached hydrogens (tertiary/aromatic N) is 1. The Balaban J connectivity index is 2.52. The number of hydrogen-bond acceptors (Lipinski definition) is 3. The molecule has 1 atom stereocenters. The van der Waals surface area contributed by atoms with Crippen molar-refractivity contribution in [2.24, 2.45) is 0 Å². The first-order valence-electron chi connectivity index (χ1n) is 5.33. The summed E-state index contributed by atoms with van der Waals surface area (Å²) in [6, 6.07) is -0.559. The summed E-state index contributed by atoms with van der Waals surface area (Å²) in [5.41, 5.74) is 0. The van der Waals surface area contributed by atoms with Crippen LogP contribution < -0.4 is 5.32 Å². The highest BCUT2D eigenvalue weighted by Crippen LogP contribution is 2.18. The van der Waals surface area contributed by atoms with Crippen molar-refractivity contribution in [2.75, 3.05) is 20.2 Å². The Morgan fingerprint density at radius 1 is 1.53 bits per heavy atom. The lowest BCUT2D eigenvalue weighted by Gasteiger charge is -2.22. The molecule has 0 aromatic carbocycles. The number of ether oxygens (including phenoxy) is 1. The molecule has 2 amide bonds. The van der Waals surface area contributed by atoms with Gasteiger partial charge < -0.3 is 15.0 Å². The zero-order valence-electron chi connectivity index (χ0n) is 9.28. The fourth-order valence-electron chi connectivity index (χ4n) is 1.72. The van der Waals surface area contributed by atoms with E-state index >= 15 is 0 Å². The van der Waals surface area contributed by atoms with Crippen molar-refractivity contribution >= 4 is 12.0 Å². The molecule has 1 rings (SSSR count). The summed E-state index contributed by atoms with van der Waals surface area (Å²) >= 11 is 0. The van der Waals surface area contributed by atoms with E-state index in [1.807, 2.05) is 6.92 Å². The Bertz CT molecular complexity index is 243. The molecule has 15 heavy (non-hydrogen) atoms. The van der Waals surface area contributed by atoms with Gasteiger partial charge in [0.15, 0.2) is 0 Å². The molecule has 0 aliphatic carbocycles. The SMILES string of the molecule is CCCNC(=O)N1CCCC1C(=O)OC. The molecule has 1 fully saturated rings. The maximum absolute atomic E-state index is 11.6. The Hall–Kier alpha value is -1.26. The van der Waals surface area contributed by atoms with Crippen LogP contribution in [0, 0.1) is 0 Å². The van der Waals surface area contributed by atoms with E-state index in [2.05, 4.69) is 10.1 Å². The van der Waals surface area contributed by atoms with Crippen LogP contribution in [0.15, 0.2) is 0 Å². The van der Waals surface area contributed by atoms with Gasteiger partial charge in [-0.15, -0.1) is 0 Å². The summed E-state index contributed by atoms with van der Waals surface area (Å²) in [6.45, 7) is 3.26. The third kappa shape index (κ3) is 2.84. The van der Waals surface area contributed by atoms with E-state index in [-0.39, 0.29) is 12.0 Å². The van der Waals surface area contributed by atoms with Crippen LogP contribution in [0.5, 0.6) is 0 Å². The Morgan fingerprint density at radius 3 is 2.87 bits per heavy atom. The van der Waals surface area contributed by atoms with Crippen LogP contribution in [0.25, 0.3) is 0 Å². The molecule has 1 aliphatic rings. The van der Waals surface area contributed by atoms with Crippen LogP contribution in [-0.4, -0.2) is 43.1 Å². The van der Waals surface area contributed by atoms with Crippen molar-refractivity contribution in [1.29, 1.82) is 0 Å². The Morgan fingerprint density at radius 2 is 2.27 bits per heavy atom.